The largest absolute Gasteiger partial charge is 0.490 e. The quantitative estimate of drug-likeness (QED) is 0.158. The third-order valence-corrected chi connectivity index (χ3v) is 10.6. The molecular weight excluding hydrogens is 682 g/mol. The highest BCUT2D eigenvalue weighted by molar-refractivity contribution is 6.06. The maximum atomic E-state index is 13.4. The summed E-state index contributed by atoms with van der Waals surface area (Å²) in [7, 11) is 0. The number of hydrogen-bond donors (Lipinski definition) is 2. The lowest BCUT2D eigenvalue weighted by Gasteiger charge is -2.36. The number of fused-ring (bicyclic) bond motifs is 1. The maximum Gasteiger partial charge on any atom is 0.280 e. The molecule has 13 heteroatoms. The maximum absolute atomic E-state index is 13.4. The first kappa shape index (κ1) is 36.4. The Morgan fingerprint density at radius 2 is 1.70 bits per heavy atom. The molecule has 3 aromatic heterocycles. The van der Waals surface area contributed by atoms with Gasteiger partial charge in [0.05, 0.1) is 17.4 Å². The van der Waals surface area contributed by atoms with E-state index in [1.807, 2.05) is 36.6 Å². The summed E-state index contributed by atoms with van der Waals surface area (Å²) in [5.74, 6) is 1.40. The van der Waals surface area contributed by atoms with Crippen LogP contribution >= 0.6 is 0 Å². The normalized spacial score (nSPS) is 21.6. The van der Waals surface area contributed by atoms with Crippen LogP contribution in [-0.4, -0.2) is 68.8 Å². The fraction of sp³-hybridized carbons (Fsp3) is 0.475. The molecule has 0 spiro atoms. The first-order valence-corrected chi connectivity index (χ1v) is 18.7. The summed E-state index contributed by atoms with van der Waals surface area (Å²) in [5, 5.41) is 4.98. The predicted octanol–water partition coefficient (Wildman–Crippen LogP) is 7.04. The summed E-state index contributed by atoms with van der Waals surface area (Å²) in [5.41, 5.74) is 2.84. The lowest BCUT2D eigenvalue weighted by atomic mass is 9.80. The number of aromatic nitrogens is 3. The van der Waals surface area contributed by atoms with E-state index in [-0.39, 0.29) is 29.3 Å². The topological polar surface area (TPSA) is 127 Å². The number of nitrogens with zero attached hydrogens (tertiary/aromatic N) is 4. The van der Waals surface area contributed by atoms with Gasteiger partial charge >= 0.3 is 0 Å². The number of amides is 3. The van der Waals surface area contributed by atoms with Gasteiger partial charge in [0.15, 0.2) is 6.10 Å². The summed E-state index contributed by atoms with van der Waals surface area (Å²) in [4.78, 5) is 48.2. The van der Waals surface area contributed by atoms with E-state index in [0.717, 1.165) is 63.9 Å². The molecule has 2 aliphatic heterocycles. The molecule has 1 aliphatic carbocycles. The van der Waals surface area contributed by atoms with Gasteiger partial charge in [-0.2, -0.15) is 0 Å². The number of hydrogen-bond acceptors (Lipinski definition) is 8. The van der Waals surface area contributed by atoms with Gasteiger partial charge in [-0.25, -0.2) is 18.7 Å². The predicted molar refractivity (Wildman–Crippen MR) is 194 cm³/mol. The van der Waals surface area contributed by atoms with Crippen LogP contribution in [0.25, 0.3) is 5.65 Å². The van der Waals surface area contributed by atoms with Crippen molar-refractivity contribution in [3.63, 3.8) is 0 Å². The molecule has 3 amide bonds. The molecule has 53 heavy (non-hydrogen) atoms. The first-order chi connectivity index (χ1) is 25.6. The van der Waals surface area contributed by atoms with Crippen LogP contribution in [0.3, 0.4) is 0 Å². The van der Waals surface area contributed by atoms with Gasteiger partial charge in [0, 0.05) is 43.8 Å². The fourth-order valence-electron chi connectivity index (χ4n) is 7.80. The van der Waals surface area contributed by atoms with E-state index in [0.29, 0.717) is 47.7 Å². The minimum absolute atomic E-state index is 0.0430. The summed E-state index contributed by atoms with van der Waals surface area (Å²) < 4.78 is 40.1. The van der Waals surface area contributed by atoms with Gasteiger partial charge in [-0.05, 0) is 107 Å². The number of imidazole rings is 1. The number of carbonyl (C=O) groups is 3. The van der Waals surface area contributed by atoms with Crippen molar-refractivity contribution >= 4 is 29.2 Å². The van der Waals surface area contributed by atoms with Crippen LogP contribution in [0, 0.1) is 5.92 Å². The highest BCUT2D eigenvalue weighted by Crippen LogP contribution is 2.38. The number of imide groups is 1. The molecule has 3 fully saturated rings. The Morgan fingerprint density at radius 1 is 0.943 bits per heavy atom. The second-order valence-corrected chi connectivity index (χ2v) is 14.8. The lowest BCUT2D eigenvalue weighted by molar-refractivity contribution is -0.138. The number of halogens is 2. The number of carbonyl (C=O) groups excluding carboxylic acids is 3. The molecule has 280 valence electrons. The Balaban J connectivity index is 0.911. The molecule has 5 heterocycles. The Bertz CT molecular complexity index is 1930. The minimum atomic E-state index is -2.74. The second-order valence-electron chi connectivity index (χ2n) is 14.8. The molecule has 0 radical (unpaired) electrons. The summed E-state index contributed by atoms with van der Waals surface area (Å²) >= 11 is 0. The third kappa shape index (κ3) is 8.84. The number of nitrogens with one attached hydrogen (secondary N) is 2. The van der Waals surface area contributed by atoms with Gasteiger partial charge in [-0.15, -0.1) is 0 Å². The van der Waals surface area contributed by atoms with Crippen LogP contribution < -0.4 is 20.1 Å². The van der Waals surface area contributed by atoms with Crippen molar-refractivity contribution in [1.29, 1.82) is 0 Å². The monoisotopic (exact) mass is 728 g/mol. The lowest BCUT2D eigenvalue weighted by Crippen LogP contribution is -2.46. The minimum Gasteiger partial charge on any atom is -0.490 e. The van der Waals surface area contributed by atoms with Crippen LogP contribution in [0.4, 0.5) is 14.6 Å². The van der Waals surface area contributed by atoms with E-state index in [2.05, 4.69) is 32.7 Å². The number of rotatable bonds is 11. The Morgan fingerprint density at radius 3 is 2.40 bits per heavy atom. The van der Waals surface area contributed by atoms with Crippen molar-refractivity contribution in [2.45, 2.75) is 95.7 Å². The van der Waals surface area contributed by atoms with Crippen molar-refractivity contribution in [2.24, 2.45) is 5.92 Å². The Hall–Kier alpha value is -4.91. The number of benzene rings is 1. The van der Waals surface area contributed by atoms with Gasteiger partial charge < -0.3 is 24.1 Å². The van der Waals surface area contributed by atoms with Crippen molar-refractivity contribution in [1.82, 2.24) is 24.6 Å². The zero-order valence-corrected chi connectivity index (χ0v) is 30.1. The van der Waals surface area contributed by atoms with Crippen LogP contribution in [0.5, 0.6) is 11.5 Å². The summed E-state index contributed by atoms with van der Waals surface area (Å²) in [6.45, 7) is 6.99. The SMILES string of the molecule is CC(C)Oc1cc2nc(C3CCC(CN4CCC(c5ccc(OC6CCC(=O)NC6=O)cc5)CC4)CC3)cn2cc1C(=O)Nc1cccc(C(F)F)n1. The molecule has 1 unspecified atom stereocenters. The Kier molecular flexibility index (Phi) is 11.0. The molecule has 2 saturated heterocycles. The van der Waals surface area contributed by atoms with E-state index in [1.165, 1.54) is 23.8 Å². The molecule has 1 saturated carbocycles. The van der Waals surface area contributed by atoms with Crippen molar-refractivity contribution in [3.8, 4) is 11.5 Å². The molecule has 4 aromatic rings. The average molecular weight is 729 g/mol. The number of ether oxygens (including phenoxy) is 2. The molecule has 3 aliphatic rings. The number of piperidine rings is 2. The smallest absolute Gasteiger partial charge is 0.280 e. The zero-order chi connectivity index (χ0) is 37.1. The zero-order valence-electron chi connectivity index (χ0n) is 30.1. The van der Waals surface area contributed by atoms with E-state index in [1.54, 1.807) is 12.3 Å². The number of likely N-dealkylation sites (tertiary alicyclic amines) is 1. The van der Waals surface area contributed by atoms with E-state index in [9.17, 15) is 23.2 Å². The van der Waals surface area contributed by atoms with Gasteiger partial charge in [-0.3, -0.25) is 19.7 Å². The molecule has 1 atom stereocenters. The highest BCUT2D eigenvalue weighted by Gasteiger charge is 2.30. The average Bonchev–Trinajstić information content (AvgIpc) is 3.56. The van der Waals surface area contributed by atoms with E-state index in [4.69, 9.17) is 14.5 Å². The standard InChI is InChI=1S/C40H46F2N6O5/c1-24(2)52-34-20-36-44-32(23-48(36)22-30(34)39(50)45-35-5-3-4-31(43-35)38(41)42)28-8-6-25(7-9-28)21-47-18-16-27(17-19-47)26-10-12-29(13-11-26)53-33-14-15-37(49)46-40(33)51/h3-5,10-13,20,22-25,27-28,33,38H,6-9,14-19,21H2,1-2H3,(H,43,45,50)(H,46,49,51). The van der Waals surface area contributed by atoms with Crippen molar-refractivity contribution in [3.05, 3.63) is 83.4 Å². The van der Waals surface area contributed by atoms with Crippen LogP contribution in [-0.2, 0) is 9.59 Å². The number of anilines is 1. The van der Waals surface area contributed by atoms with E-state index < -0.39 is 24.1 Å². The second kappa shape index (κ2) is 16.0. The number of alkyl halides is 2. The van der Waals surface area contributed by atoms with Crippen molar-refractivity contribution in [2.75, 3.05) is 25.0 Å². The van der Waals surface area contributed by atoms with Crippen LogP contribution in [0.15, 0.2) is 60.9 Å². The van der Waals surface area contributed by atoms with Crippen molar-refractivity contribution < 1.29 is 32.6 Å². The van der Waals surface area contributed by atoms with Crippen LogP contribution in [0.2, 0.25) is 0 Å². The first-order valence-electron chi connectivity index (χ1n) is 18.7. The molecule has 11 nitrogen and oxygen atoms in total. The Labute approximate surface area is 307 Å². The van der Waals surface area contributed by atoms with E-state index >= 15 is 0 Å². The summed E-state index contributed by atoms with van der Waals surface area (Å²) in [6.07, 6.45) is 7.38. The van der Waals surface area contributed by atoms with Gasteiger partial charge in [-0.1, -0.05) is 18.2 Å². The van der Waals surface area contributed by atoms with Gasteiger partial charge in [0.2, 0.25) is 5.91 Å². The number of pyridine rings is 2. The molecule has 1 aromatic carbocycles. The molecule has 0 bridgehead atoms. The fourth-order valence-corrected chi connectivity index (χ4v) is 7.80. The van der Waals surface area contributed by atoms with Crippen LogP contribution in [0.1, 0.15) is 111 Å². The van der Waals surface area contributed by atoms with Gasteiger partial charge in [0.25, 0.3) is 18.2 Å². The molecular formula is C40H46F2N6O5. The highest BCUT2D eigenvalue weighted by atomic mass is 19.3. The van der Waals surface area contributed by atoms with Gasteiger partial charge in [0.1, 0.15) is 28.7 Å². The summed E-state index contributed by atoms with van der Waals surface area (Å²) in [6, 6.07) is 14.0. The third-order valence-electron chi connectivity index (χ3n) is 10.6. The molecule has 2 N–H and O–H groups in total. The molecule has 7 rings (SSSR count).